The highest BCUT2D eigenvalue weighted by molar-refractivity contribution is 6.33. The van der Waals surface area contributed by atoms with Crippen molar-refractivity contribution >= 4 is 23.4 Å². The third-order valence-corrected chi connectivity index (χ3v) is 3.59. The summed E-state index contributed by atoms with van der Waals surface area (Å²) in [7, 11) is 0. The Labute approximate surface area is 135 Å². The van der Waals surface area contributed by atoms with Crippen molar-refractivity contribution < 1.29 is 14.0 Å². The van der Waals surface area contributed by atoms with E-state index in [9.17, 15) is 14.0 Å². The lowest BCUT2D eigenvalue weighted by molar-refractivity contribution is -0.128. The van der Waals surface area contributed by atoms with Gasteiger partial charge in [-0.1, -0.05) is 31.5 Å². The Morgan fingerprint density at radius 2 is 2.00 bits per heavy atom. The van der Waals surface area contributed by atoms with E-state index in [2.05, 4.69) is 19.2 Å². The Bertz CT molecular complexity index is 515. The molecule has 0 radical (unpaired) electrons. The Balaban J connectivity index is 2.54. The highest BCUT2D eigenvalue weighted by Gasteiger charge is 2.16. The number of hydrogen-bond donors (Lipinski definition) is 1. The van der Waals surface area contributed by atoms with Crippen LogP contribution in [0.2, 0.25) is 5.02 Å². The molecule has 0 heterocycles. The second-order valence-electron chi connectivity index (χ2n) is 5.54. The Morgan fingerprint density at radius 1 is 1.32 bits per heavy atom. The van der Waals surface area contributed by atoms with Gasteiger partial charge in [-0.3, -0.25) is 9.59 Å². The molecule has 0 unspecified atom stereocenters. The van der Waals surface area contributed by atoms with Gasteiger partial charge < -0.3 is 10.2 Å². The first kappa shape index (κ1) is 18.4. The van der Waals surface area contributed by atoms with Crippen molar-refractivity contribution in [1.82, 2.24) is 10.2 Å². The minimum atomic E-state index is -0.659. The van der Waals surface area contributed by atoms with Crippen molar-refractivity contribution in [2.45, 2.75) is 27.2 Å². The zero-order valence-corrected chi connectivity index (χ0v) is 13.9. The molecule has 0 aliphatic heterocycles. The van der Waals surface area contributed by atoms with Gasteiger partial charge in [0, 0.05) is 26.6 Å². The van der Waals surface area contributed by atoms with E-state index >= 15 is 0 Å². The maximum absolute atomic E-state index is 13.6. The topological polar surface area (TPSA) is 49.4 Å². The molecule has 1 aromatic rings. The predicted molar refractivity (Wildman–Crippen MR) is 85.5 cm³/mol. The molecule has 0 bridgehead atoms. The van der Waals surface area contributed by atoms with Crippen LogP contribution in [0.1, 0.15) is 37.6 Å². The van der Waals surface area contributed by atoms with Gasteiger partial charge >= 0.3 is 0 Å². The van der Waals surface area contributed by atoms with Crippen LogP contribution in [0.4, 0.5) is 4.39 Å². The van der Waals surface area contributed by atoms with Crippen LogP contribution in [0.3, 0.4) is 0 Å². The Kier molecular flexibility index (Phi) is 7.32. The van der Waals surface area contributed by atoms with Crippen LogP contribution in [0, 0.1) is 11.7 Å². The molecule has 0 saturated carbocycles. The van der Waals surface area contributed by atoms with Crippen molar-refractivity contribution in [3.05, 3.63) is 34.6 Å². The molecule has 0 aliphatic carbocycles. The van der Waals surface area contributed by atoms with Crippen LogP contribution in [0.5, 0.6) is 0 Å². The molecule has 0 saturated heterocycles. The maximum Gasteiger partial charge on any atom is 0.255 e. The number of nitrogens with zero attached hydrogens (tertiary/aromatic N) is 1. The molecular formula is C16H22ClFN2O2. The summed E-state index contributed by atoms with van der Waals surface area (Å²) in [4.78, 5) is 25.2. The lowest BCUT2D eigenvalue weighted by Crippen LogP contribution is -2.38. The molecule has 0 atom stereocenters. The Morgan fingerprint density at radius 3 is 2.55 bits per heavy atom. The third kappa shape index (κ3) is 5.64. The predicted octanol–water partition coefficient (Wildman–Crippen LogP) is 3.10. The minimum Gasteiger partial charge on any atom is -0.350 e. The van der Waals surface area contributed by atoms with E-state index in [4.69, 9.17) is 11.6 Å². The number of rotatable bonds is 7. The van der Waals surface area contributed by atoms with Gasteiger partial charge in [0.25, 0.3) is 5.91 Å². The molecule has 2 amide bonds. The van der Waals surface area contributed by atoms with E-state index in [1.807, 2.05) is 0 Å². The summed E-state index contributed by atoms with van der Waals surface area (Å²) >= 11 is 5.84. The van der Waals surface area contributed by atoms with Crippen molar-refractivity contribution in [3.63, 3.8) is 0 Å². The molecular weight excluding hydrogens is 307 g/mol. The second kappa shape index (κ2) is 8.73. The average Bonchev–Trinajstić information content (AvgIpc) is 2.41. The summed E-state index contributed by atoms with van der Waals surface area (Å²) in [5.74, 6) is -0.781. The minimum absolute atomic E-state index is 0.0428. The molecule has 4 nitrogen and oxygen atoms in total. The van der Waals surface area contributed by atoms with Crippen LogP contribution in [-0.2, 0) is 4.79 Å². The monoisotopic (exact) mass is 328 g/mol. The standard InChI is InChI=1S/C16H22ClFN2O2/c1-11(2)7-9-20(12(3)21)10-8-19-16(22)15-13(17)5-4-6-14(15)18/h4-6,11H,7-10H2,1-3H3,(H,19,22). The van der Waals surface area contributed by atoms with E-state index in [1.165, 1.54) is 25.1 Å². The number of amides is 2. The van der Waals surface area contributed by atoms with E-state index in [-0.39, 0.29) is 23.0 Å². The van der Waals surface area contributed by atoms with Gasteiger partial charge in [0.1, 0.15) is 5.82 Å². The molecule has 6 heteroatoms. The highest BCUT2D eigenvalue weighted by atomic mass is 35.5. The van der Waals surface area contributed by atoms with Gasteiger partial charge in [0.15, 0.2) is 0 Å². The summed E-state index contributed by atoms with van der Waals surface area (Å²) in [6, 6.07) is 4.09. The first-order chi connectivity index (χ1) is 10.3. The SMILES string of the molecule is CC(=O)N(CCNC(=O)c1c(F)cccc1Cl)CCC(C)C. The zero-order chi connectivity index (χ0) is 16.7. The van der Waals surface area contributed by atoms with Crippen LogP contribution in [0.15, 0.2) is 18.2 Å². The van der Waals surface area contributed by atoms with E-state index in [0.29, 0.717) is 19.0 Å². The first-order valence-corrected chi connectivity index (χ1v) is 7.68. The summed E-state index contributed by atoms with van der Waals surface area (Å²) in [6.45, 7) is 6.95. The summed E-state index contributed by atoms with van der Waals surface area (Å²) < 4.78 is 13.6. The van der Waals surface area contributed by atoms with Crippen molar-refractivity contribution in [2.24, 2.45) is 5.92 Å². The lowest BCUT2D eigenvalue weighted by Gasteiger charge is -2.22. The van der Waals surface area contributed by atoms with Crippen molar-refractivity contribution in [2.75, 3.05) is 19.6 Å². The molecule has 0 aromatic heterocycles. The van der Waals surface area contributed by atoms with Crippen molar-refractivity contribution in [1.29, 1.82) is 0 Å². The summed E-state index contributed by atoms with van der Waals surface area (Å²) in [6.07, 6.45) is 0.896. The van der Waals surface area contributed by atoms with Gasteiger partial charge in [0.05, 0.1) is 10.6 Å². The van der Waals surface area contributed by atoms with Gasteiger partial charge in [0.2, 0.25) is 5.91 Å². The number of nitrogens with one attached hydrogen (secondary N) is 1. The van der Waals surface area contributed by atoms with E-state index in [0.717, 1.165) is 6.42 Å². The second-order valence-corrected chi connectivity index (χ2v) is 5.95. The van der Waals surface area contributed by atoms with Gasteiger partial charge in [-0.15, -0.1) is 0 Å². The smallest absolute Gasteiger partial charge is 0.255 e. The number of benzene rings is 1. The largest absolute Gasteiger partial charge is 0.350 e. The van der Waals surface area contributed by atoms with E-state index in [1.54, 1.807) is 4.90 Å². The quantitative estimate of drug-likeness (QED) is 0.836. The van der Waals surface area contributed by atoms with Crippen LogP contribution in [0.25, 0.3) is 0 Å². The molecule has 1 N–H and O–H groups in total. The fraction of sp³-hybridized carbons (Fsp3) is 0.500. The summed E-state index contributed by atoms with van der Waals surface area (Å²) in [5.41, 5.74) is -0.166. The highest BCUT2D eigenvalue weighted by Crippen LogP contribution is 2.18. The van der Waals surface area contributed by atoms with Crippen LogP contribution < -0.4 is 5.32 Å². The van der Waals surface area contributed by atoms with Gasteiger partial charge in [-0.25, -0.2) is 4.39 Å². The number of carbonyl (C=O) groups excluding carboxylic acids is 2. The molecule has 1 rings (SSSR count). The fourth-order valence-electron chi connectivity index (χ4n) is 1.95. The molecule has 0 fully saturated rings. The first-order valence-electron chi connectivity index (χ1n) is 7.30. The Hall–Kier alpha value is -1.62. The van der Waals surface area contributed by atoms with Gasteiger partial charge in [-0.2, -0.15) is 0 Å². The zero-order valence-electron chi connectivity index (χ0n) is 13.2. The van der Waals surface area contributed by atoms with E-state index < -0.39 is 11.7 Å². The molecule has 0 spiro atoms. The molecule has 22 heavy (non-hydrogen) atoms. The summed E-state index contributed by atoms with van der Waals surface area (Å²) in [5, 5.41) is 2.67. The maximum atomic E-state index is 13.6. The molecule has 1 aromatic carbocycles. The average molecular weight is 329 g/mol. The number of hydrogen-bond acceptors (Lipinski definition) is 2. The fourth-order valence-corrected chi connectivity index (χ4v) is 2.20. The molecule has 122 valence electrons. The molecule has 0 aliphatic rings. The number of halogens is 2. The normalized spacial score (nSPS) is 10.6. The van der Waals surface area contributed by atoms with Gasteiger partial charge in [-0.05, 0) is 24.5 Å². The van der Waals surface area contributed by atoms with Crippen LogP contribution in [-0.4, -0.2) is 36.3 Å². The van der Waals surface area contributed by atoms with Crippen LogP contribution >= 0.6 is 11.6 Å². The lowest BCUT2D eigenvalue weighted by atomic mass is 10.1. The third-order valence-electron chi connectivity index (χ3n) is 3.28. The van der Waals surface area contributed by atoms with Crippen molar-refractivity contribution in [3.8, 4) is 0 Å². The number of carbonyl (C=O) groups is 2.